The molecule has 0 aliphatic rings. The molecule has 3 heteroatoms. The van der Waals surface area contributed by atoms with Gasteiger partial charge in [0.2, 0.25) is 0 Å². The van der Waals surface area contributed by atoms with Crippen molar-refractivity contribution in [1.29, 1.82) is 0 Å². The lowest BCUT2D eigenvalue weighted by Crippen LogP contribution is -2.21. The van der Waals surface area contributed by atoms with Crippen molar-refractivity contribution in [2.45, 2.75) is 19.8 Å². The molecule has 2 rings (SSSR count). The normalized spacial score (nSPS) is 11.1. The first-order valence-electron chi connectivity index (χ1n) is 5.83. The Morgan fingerprint density at radius 1 is 1.24 bits per heavy atom. The van der Waals surface area contributed by atoms with Crippen LogP contribution >= 0.6 is 0 Å². The summed E-state index contributed by atoms with van der Waals surface area (Å²) in [6, 6.07) is 8.20. The molecule has 0 fully saturated rings. The number of nitrogens with one attached hydrogen (secondary N) is 1. The maximum Gasteiger partial charge on any atom is 0.269 e. The zero-order valence-corrected chi connectivity index (χ0v) is 10.7. The van der Waals surface area contributed by atoms with E-state index in [4.69, 9.17) is 0 Å². The van der Waals surface area contributed by atoms with E-state index in [0.29, 0.717) is 11.6 Å². The van der Waals surface area contributed by atoms with Gasteiger partial charge in [-0.1, -0.05) is 26.0 Å². The van der Waals surface area contributed by atoms with Crippen LogP contribution in [0.1, 0.15) is 35.8 Å². The van der Waals surface area contributed by atoms with E-state index in [2.05, 4.69) is 37.0 Å². The van der Waals surface area contributed by atoms with Crippen LogP contribution in [-0.2, 0) is 0 Å². The standard InChI is InChI=1S/C14H18N2O/c1-9(2)10-5-6-11-8-13(14(17)16(3)4)15-12(11)7-10/h5-9,15H,1-4H3. The number of carbonyl (C=O) groups excluding carboxylic acids is 1. The van der Waals surface area contributed by atoms with Crippen LogP contribution in [0.5, 0.6) is 0 Å². The molecule has 0 spiro atoms. The van der Waals surface area contributed by atoms with E-state index in [1.807, 2.05) is 6.07 Å². The van der Waals surface area contributed by atoms with E-state index in [9.17, 15) is 4.79 Å². The number of aromatic nitrogens is 1. The molecule has 17 heavy (non-hydrogen) atoms. The van der Waals surface area contributed by atoms with Crippen LogP contribution < -0.4 is 0 Å². The average molecular weight is 230 g/mol. The van der Waals surface area contributed by atoms with Crippen molar-refractivity contribution in [2.24, 2.45) is 0 Å². The number of rotatable bonds is 2. The number of aromatic amines is 1. The first-order valence-corrected chi connectivity index (χ1v) is 5.83. The Balaban J connectivity index is 2.47. The predicted octanol–water partition coefficient (Wildman–Crippen LogP) is 2.99. The van der Waals surface area contributed by atoms with Crippen LogP contribution in [0.15, 0.2) is 24.3 Å². The highest BCUT2D eigenvalue weighted by atomic mass is 16.2. The molecule has 1 N–H and O–H groups in total. The summed E-state index contributed by atoms with van der Waals surface area (Å²) in [5.74, 6) is 0.503. The van der Waals surface area contributed by atoms with Gasteiger partial charge in [-0.15, -0.1) is 0 Å². The predicted molar refractivity (Wildman–Crippen MR) is 70.4 cm³/mol. The average Bonchev–Trinajstić information content (AvgIpc) is 2.69. The molecule has 0 saturated heterocycles. The zero-order valence-electron chi connectivity index (χ0n) is 10.7. The fourth-order valence-electron chi connectivity index (χ4n) is 1.86. The van der Waals surface area contributed by atoms with Crippen molar-refractivity contribution in [3.8, 4) is 0 Å². The highest BCUT2D eigenvalue weighted by molar-refractivity contribution is 5.97. The lowest BCUT2D eigenvalue weighted by Gasteiger charge is -2.07. The van der Waals surface area contributed by atoms with E-state index in [-0.39, 0.29) is 5.91 Å². The second-order valence-electron chi connectivity index (χ2n) is 4.88. The van der Waals surface area contributed by atoms with Gasteiger partial charge in [-0.25, -0.2) is 0 Å². The van der Waals surface area contributed by atoms with E-state index in [1.54, 1.807) is 19.0 Å². The van der Waals surface area contributed by atoms with Gasteiger partial charge < -0.3 is 9.88 Å². The minimum atomic E-state index is 0.00676. The van der Waals surface area contributed by atoms with Crippen LogP contribution in [0.25, 0.3) is 10.9 Å². The fourth-order valence-corrected chi connectivity index (χ4v) is 1.86. The summed E-state index contributed by atoms with van der Waals surface area (Å²) in [4.78, 5) is 16.6. The van der Waals surface area contributed by atoms with Crippen molar-refractivity contribution >= 4 is 16.8 Å². The lowest BCUT2D eigenvalue weighted by atomic mass is 10.0. The topological polar surface area (TPSA) is 36.1 Å². The van der Waals surface area contributed by atoms with Crippen molar-refractivity contribution in [2.75, 3.05) is 14.1 Å². The summed E-state index contributed by atoms with van der Waals surface area (Å²) in [5, 5.41) is 1.08. The third-order valence-electron chi connectivity index (χ3n) is 2.95. The monoisotopic (exact) mass is 230 g/mol. The SMILES string of the molecule is CC(C)c1ccc2cc(C(=O)N(C)C)[nH]c2c1. The summed E-state index contributed by atoms with van der Waals surface area (Å²) in [7, 11) is 3.51. The second kappa shape index (κ2) is 4.24. The lowest BCUT2D eigenvalue weighted by molar-refractivity contribution is 0.0823. The Morgan fingerprint density at radius 3 is 2.53 bits per heavy atom. The van der Waals surface area contributed by atoms with Gasteiger partial charge in [0.05, 0.1) is 0 Å². The number of benzene rings is 1. The third kappa shape index (κ3) is 2.18. The molecule has 0 bridgehead atoms. The smallest absolute Gasteiger partial charge is 0.269 e. The van der Waals surface area contributed by atoms with E-state index in [1.165, 1.54) is 5.56 Å². The van der Waals surface area contributed by atoms with Gasteiger partial charge >= 0.3 is 0 Å². The molecule has 0 unspecified atom stereocenters. The molecule has 0 atom stereocenters. The van der Waals surface area contributed by atoms with Crippen LogP contribution in [0.4, 0.5) is 0 Å². The minimum Gasteiger partial charge on any atom is -0.351 e. The van der Waals surface area contributed by atoms with Crippen LogP contribution in [-0.4, -0.2) is 29.9 Å². The van der Waals surface area contributed by atoms with Crippen LogP contribution in [0.3, 0.4) is 0 Å². The van der Waals surface area contributed by atoms with Crippen LogP contribution in [0.2, 0.25) is 0 Å². The fraction of sp³-hybridized carbons (Fsp3) is 0.357. The van der Waals surface area contributed by atoms with Gasteiger partial charge in [0.15, 0.2) is 0 Å². The highest BCUT2D eigenvalue weighted by Crippen LogP contribution is 2.22. The van der Waals surface area contributed by atoms with Gasteiger partial charge in [-0.05, 0) is 23.6 Å². The number of hydrogen-bond donors (Lipinski definition) is 1. The minimum absolute atomic E-state index is 0.00676. The molecule has 0 saturated carbocycles. The zero-order chi connectivity index (χ0) is 12.6. The van der Waals surface area contributed by atoms with Gasteiger partial charge in [0, 0.05) is 25.0 Å². The largest absolute Gasteiger partial charge is 0.351 e. The number of amides is 1. The number of H-pyrrole nitrogens is 1. The van der Waals surface area contributed by atoms with Crippen molar-refractivity contribution < 1.29 is 4.79 Å². The molecule has 1 amide bonds. The molecular formula is C14H18N2O. The molecule has 1 heterocycles. The number of hydrogen-bond acceptors (Lipinski definition) is 1. The maximum absolute atomic E-state index is 11.8. The van der Waals surface area contributed by atoms with Crippen LogP contribution in [0, 0.1) is 0 Å². The Hall–Kier alpha value is -1.77. The first kappa shape index (κ1) is 11.7. The van der Waals surface area contributed by atoms with Gasteiger partial charge in [-0.3, -0.25) is 4.79 Å². The molecule has 2 aromatic rings. The molecule has 1 aromatic heterocycles. The summed E-state index contributed by atoms with van der Waals surface area (Å²) < 4.78 is 0. The maximum atomic E-state index is 11.8. The first-order chi connectivity index (χ1) is 7.99. The molecule has 90 valence electrons. The molecule has 1 aromatic carbocycles. The quantitative estimate of drug-likeness (QED) is 0.845. The number of carbonyl (C=O) groups is 1. The Kier molecular flexibility index (Phi) is 2.92. The Labute approximate surface area is 101 Å². The highest BCUT2D eigenvalue weighted by Gasteiger charge is 2.11. The molecule has 0 radical (unpaired) electrons. The summed E-state index contributed by atoms with van der Waals surface area (Å²) in [6.07, 6.45) is 0. The molecule has 3 nitrogen and oxygen atoms in total. The van der Waals surface area contributed by atoms with Gasteiger partial charge in [0.25, 0.3) is 5.91 Å². The Bertz CT molecular complexity index is 552. The van der Waals surface area contributed by atoms with Gasteiger partial charge in [0.1, 0.15) is 5.69 Å². The summed E-state index contributed by atoms with van der Waals surface area (Å²) in [5.41, 5.74) is 2.95. The van der Waals surface area contributed by atoms with Crippen molar-refractivity contribution in [3.63, 3.8) is 0 Å². The molecule has 0 aliphatic carbocycles. The number of fused-ring (bicyclic) bond motifs is 1. The third-order valence-corrected chi connectivity index (χ3v) is 2.95. The molecule has 0 aliphatic heterocycles. The van der Waals surface area contributed by atoms with Crippen molar-refractivity contribution in [1.82, 2.24) is 9.88 Å². The number of nitrogens with zero attached hydrogens (tertiary/aromatic N) is 1. The van der Waals surface area contributed by atoms with Gasteiger partial charge in [-0.2, -0.15) is 0 Å². The van der Waals surface area contributed by atoms with E-state index >= 15 is 0 Å². The Morgan fingerprint density at radius 2 is 1.94 bits per heavy atom. The van der Waals surface area contributed by atoms with E-state index < -0.39 is 0 Å². The van der Waals surface area contributed by atoms with Crippen molar-refractivity contribution in [3.05, 3.63) is 35.5 Å². The van der Waals surface area contributed by atoms with E-state index in [0.717, 1.165) is 10.9 Å². The summed E-state index contributed by atoms with van der Waals surface area (Å²) >= 11 is 0. The molecular weight excluding hydrogens is 212 g/mol. The second-order valence-corrected chi connectivity index (χ2v) is 4.88. The summed E-state index contributed by atoms with van der Waals surface area (Å²) in [6.45, 7) is 4.33.